The van der Waals surface area contributed by atoms with Crippen LogP contribution in [0.15, 0.2) is 45.9 Å². The lowest BCUT2D eigenvalue weighted by molar-refractivity contribution is -0.384. The molecule has 1 aromatic carbocycles. The third-order valence-corrected chi connectivity index (χ3v) is 4.62. The van der Waals surface area contributed by atoms with Gasteiger partial charge in [0.1, 0.15) is 28.9 Å². The maximum absolute atomic E-state index is 12.1. The number of nitro benzene ring substituents is 1. The number of aryl methyl sites for hydroxylation is 1. The second kappa shape index (κ2) is 11.4. The van der Waals surface area contributed by atoms with Crippen LogP contribution in [-0.4, -0.2) is 42.9 Å². The number of hydrogen-bond donors (Lipinski definition) is 1. The molecule has 0 atom stereocenters. The van der Waals surface area contributed by atoms with Gasteiger partial charge in [-0.3, -0.25) is 14.9 Å². The van der Waals surface area contributed by atoms with Crippen molar-refractivity contribution in [1.29, 1.82) is 5.26 Å². The van der Waals surface area contributed by atoms with Crippen molar-refractivity contribution in [3.8, 4) is 29.0 Å². The summed E-state index contributed by atoms with van der Waals surface area (Å²) in [5.74, 6) is 0.446. The van der Waals surface area contributed by atoms with Gasteiger partial charge in [0.2, 0.25) is 5.88 Å². The topological polar surface area (TPSA) is 162 Å². The van der Waals surface area contributed by atoms with Crippen molar-refractivity contribution >= 4 is 17.8 Å². The Morgan fingerprint density at radius 1 is 1.31 bits per heavy atom. The zero-order valence-corrected chi connectivity index (χ0v) is 19.1. The Hall–Kier alpha value is -4.76. The summed E-state index contributed by atoms with van der Waals surface area (Å²) in [6.45, 7) is 1.52. The van der Waals surface area contributed by atoms with Crippen LogP contribution in [0.3, 0.4) is 0 Å². The SMILES string of the molecule is COCc1cc(C)nc(OCC(=O)N/N=C\c2ccc(-c3ccc([N+](=O)[O-])cc3OC)o2)c1C#N. The number of nitriles is 1. The zero-order chi connectivity index (χ0) is 25.4. The highest BCUT2D eigenvalue weighted by Crippen LogP contribution is 2.34. The highest BCUT2D eigenvalue weighted by atomic mass is 16.6. The van der Waals surface area contributed by atoms with Gasteiger partial charge >= 0.3 is 0 Å². The molecule has 35 heavy (non-hydrogen) atoms. The molecule has 2 aromatic heterocycles. The maximum atomic E-state index is 12.1. The summed E-state index contributed by atoms with van der Waals surface area (Å²) in [5.41, 5.74) is 4.11. The number of nitro groups is 1. The second-order valence-electron chi connectivity index (χ2n) is 7.07. The molecule has 0 unspecified atom stereocenters. The number of amides is 1. The van der Waals surface area contributed by atoms with E-state index < -0.39 is 17.4 Å². The standard InChI is InChI=1S/C23H21N5O7/c1-14-8-15(12-32-2)19(10-24)23(26-14)34-13-22(29)27-25-11-17-5-7-20(35-17)18-6-4-16(28(30)31)9-21(18)33-3/h4-9,11H,12-13H2,1-3H3,(H,27,29)/b25-11-. The van der Waals surface area contributed by atoms with Gasteiger partial charge in [0.05, 0.1) is 36.5 Å². The van der Waals surface area contributed by atoms with Gasteiger partial charge in [-0.1, -0.05) is 0 Å². The number of furan rings is 1. The minimum Gasteiger partial charge on any atom is -0.496 e. The smallest absolute Gasteiger partial charge is 0.278 e. The molecule has 0 saturated heterocycles. The van der Waals surface area contributed by atoms with E-state index in [1.165, 1.54) is 38.6 Å². The molecular weight excluding hydrogens is 458 g/mol. The van der Waals surface area contributed by atoms with Crippen LogP contribution >= 0.6 is 0 Å². The van der Waals surface area contributed by atoms with E-state index in [0.29, 0.717) is 28.3 Å². The van der Waals surface area contributed by atoms with Crippen LogP contribution in [-0.2, 0) is 16.1 Å². The van der Waals surface area contributed by atoms with Gasteiger partial charge in [0, 0.05) is 24.4 Å². The van der Waals surface area contributed by atoms with Crippen LogP contribution in [0.4, 0.5) is 5.69 Å². The lowest BCUT2D eigenvalue weighted by Crippen LogP contribution is -2.25. The summed E-state index contributed by atoms with van der Waals surface area (Å²) >= 11 is 0. The van der Waals surface area contributed by atoms with Crippen LogP contribution in [0.2, 0.25) is 0 Å². The molecule has 1 N–H and O–H groups in total. The molecule has 3 aromatic rings. The van der Waals surface area contributed by atoms with Crippen LogP contribution in [0.1, 0.15) is 22.6 Å². The average Bonchev–Trinajstić information content (AvgIpc) is 3.31. The normalized spacial score (nSPS) is 10.7. The molecule has 0 saturated carbocycles. The van der Waals surface area contributed by atoms with Gasteiger partial charge in [0.25, 0.3) is 11.6 Å². The Kier molecular flexibility index (Phi) is 8.10. The van der Waals surface area contributed by atoms with Crippen LogP contribution in [0, 0.1) is 28.4 Å². The van der Waals surface area contributed by atoms with Crippen molar-refractivity contribution < 1.29 is 28.3 Å². The summed E-state index contributed by atoms with van der Waals surface area (Å²) in [5, 5.41) is 24.2. The summed E-state index contributed by atoms with van der Waals surface area (Å²) < 4.78 is 21.4. The van der Waals surface area contributed by atoms with E-state index in [2.05, 4.69) is 15.5 Å². The first-order valence-corrected chi connectivity index (χ1v) is 10.1. The predicted octanol–water partition coefficient (Wildman–Crippen LogP) is 3.11. The fourth-order valence-corrected chi connectivity index (χ4v) is 3.10. The molecule has 0 aliphatic rings. The number of nitrogens with one attached hydrogen (secondary N) is 1. The molecule has 1 amide bonds. The summed E-state index contributed by atoms with van der Waals surface area (Å²) in [4.78, 5) is 26.7. The van der Waals surface area contributed by atoms with Gasteiger partial charge in [0.15, 0.2) is 6.61 Å². The molecule has 0 aliphatic carbocycles. The Morgan fingerprint density at radius 3 is 2.80 bits per heavy atom. The first kappa shape index (κ1) is 24.9. The molecule has 0 bridgehead atoms. The largest absolute Gasteiger partial charge is 0.496 e. The van der Waals surface area contributed by atoms with Crippen LogP contribution in [0.25, 0.3) is 11.3 Å². The molecule has 180 valence electrons. The van der Waals surface area contributed by atoms with E-state index in [0.717, 1.165) is 0 Å². The van der Waals surface area contributed by atoms with Crippen LogP contribution < -0.4 is 14.9 Å². The highest BCUT2D eigenvalue weighted by molar-refractivity contribution is 5.82. The van der Waals surface area contributed by atoms with E-state index >= 15 is 0 Å². The van der Waals surface area contributed by atoms with Crippen molar-refractivity contribution in [2.24, 2.45) is 5.10 Å². The maximum Gasteiger partial charge on any atom is 0.278 e. The number of ether oxygens (including phenoxy) is 3. The predicted molar refractivity (Wildman–Crippen MR) is 123 cm³/mol. The average molecular weight is 479 g/mol. The molecule has 0 radical (unpaired) electrons. The summed E-state index contributed by atoms with van der Waals surface area (Å²) in [6, 6.07) is 11.1. The Morgan fingerprint density at radius 2 is 2.11 bits per heavy atom. The molecule has 12 nitrogen and oxygen atoms in total. The highest BCUT2D eigenvalue weighted by Gasteiger charge is 2.16. The molecule has 0 spiro atoms. The summed E-state index contributed by atoms with van der Waals surface area (Å²) in [7, 11) is 2.91. The van der Waals surface area contributed by atoms with E-state index in [1.54, 1.807) is 25.1 Å². The van der Waals surface area contributed by atoms with E-state index in [4.69, 9.17) is 18.6 Å². The molecule has 0 aliphatic heterocycles. The zero-order valence-electron chi connectivity index (χ0n) is 19.1. The Bertz CT molecular complexity index is 1310. The van der Waals surface area contributed by atoms with E-state index in [-0.39, 0.29) is 29.5 Å². The number of pyridine rings is 1. The second-order valence-corrected chi connectivity index (χ2v) is 7.07. The molecular formula is C23H21N5O7. The molecule has 12 heteroatoms. The van der Waals surface area contributed by atoms with E-state index in [9.17, 15) is 20.2 Å². The number of non-ortho nitro benzene ring substituents is 1. The third kappa shape index (κ3) is 6.18. The Labute approximate surface area is 199 Å². The fraction of sp³-hybridized carbons (Fsp3) is 0.217. The van der Waals surface area contributed by atoms with Gasteiger partial charge in [-0.2, -0.15) is 10.4 Å². The number of hydrazone groups is 1. The van der Waals surface area contributed by atoms with Crippen LogP contribution in [0.5, 0.6) is 11.6 Å². The van der Waals surface area contributed by atoms with Gasteiger partial charge in [-0.05, 0) is 31.2 Å². The van der Waals surface area contributed by atoms with Crippen molar-refractivity contribution in [2.75, 3.05) is 20.8 Å². The quantitative estimate of drug-likeness (QED) is 0.261. The first-order valence-electron chi connectivity index (χ1n) is 10.1. The Balaban J connectivity index is 1.62. The number of nitrogens with zero attached hydrogens (tertiary/aromatic N) is 4. The number of rotatable bonds is 10. The minimum atomic E-state index is -0.578. The van der Waals surface area contributed by atoms with Gasteiger partial charge in [-0.15, -0.1) is 0 Å². The molecule has 0 fully saturated rings. The molecule has 3 rings (SSSR count). The number of carbonyl (C=O) groups is 1. The van der Waals surface area contributed by atoms with Crippen molar-refractivity contribution in [1.82, 2.24) is 10.4 Å². The first-order chi connectivity index (χ1) is 16.9. The number of aromatic nitrogens is 1. The number of methoxy groups -OCH3 is 2. The monoisotopic (exact) mass is 479 g/mol. The van der Waals surface area contributed by atoms with Gasteiger partial charge < -0.3 is 18.6 Å². The molecule has 2 heterocycles. The fourth-order valence-electron chi connectivity index (χ4n) is 3.10. The lowest BCUT2D eigenvalue weighted by Gasteiger charge is -2.10. The number of hydrogen-bond acceptors (Lipinski definition) is 10. The number of carbonyl (C=O) groups excluding carboxylic acids is 1. The lowest BCUT2D eigenvalue weighted by atomic mass is 10.1. The minimum absolute atomic E-state index is 0.0337. The van der Waals surface area contributed by atoms with E-state index in [1.807, 2.05) is 6.07 Å². The van der Waals surface area contributed by atoms with Gasteiger partial charge in [-0.25, -0.2) is 10.4 Å². The van der Waals surface area contributed by atoms with Crippen molar-refractivity contribution in [3.63, 3.8) is 0 Å². The third-order valence-electron chi connectivity index (χ3n) is 4.62. The van der Waals surface area contributed by atoms with Crippen molar-refractivity contribution in [3.05, 3.63) is 69.1 Å². The number of benzene rings is 1. The van der Waals surface area contributed by atoms with Crippen molar-refractivity contribution in [2.45, 2.75) is 13.5 Å². The summed E-state index contributed by atoms with van der Waals surface area (Å²) in [6.07, 6.45) is 1.28.